The van der Waals surface area contributed by atoms with Crippen LogP contribution in [0.15, 0.2) is 71.2 Å². The Labute approximate surface area is 208 Å². The molecule has 10 heteroatoms. The van der Waals surface area contributed by atoms with Gasteiger partial charge in [-0.2, -0.15) is 13.2 Å². The quantitative estimate of drug-likeness (QED) is 0.294. The van der Waals surface area contributed by atoms with Gasteiger partial charge in [0.25, 0.3) is 0 Å². The number of halogens is 3. The lowest BCUT2D eigenvalue weighted by molar-refractivity contribution is -0.139. The third-order valence-electron chi connectivity index (χ3n) is 5.71. The number of amides is 2. The molecule has 178 valence electrons. The summed E-state index contributed by atoms with van der Waals surface area (Å²) in [6.07, 6.45) is 1.08. The molecule has 2 aromatic carbocycles. The number of thiazole rings is 1. The lowest BCUT2D eigenvalue weighted by Crippen LogP contribution is -2.33. The highest BCUT2D eigenvalue weighted by Crippen LogP contribution is 2.42. The first-order chi connectivity index (χ1) is 16.8. The summed E-state index contributed by atoms with van der Waals surface area (Å²) < 4.78 is 40.5. The minimum Gasteiger partial charge on any atom is -0.308 e. The summed E-state index contributed by atoms with van der Waals surface area (Å²) in [7, 11) is 0. The highest BCUT2D eigenvalue weighted by molar-refractivity contribution is 7.98. The molecule has 0 fully saturated rings. The molecule has 4 aromatic rings. The number of nitrogens with zero attached hydrogens (tertiary/aromatic N) is 3. The fourth-order valence-electron chi connectivity index (χ4n) is 3.96. The Morgan fingerprint density at radius 1 is 1.09 bits per heavy atom. The molecule has 5 rings (SSSR count). The number of fused-ring (bicyclic) bond motifs is 1. The monoisotopic (exact) mass is 512 g/mol. The molecule has 5 nitrogen and oxygen atoms in total. The van der Waals surface area contributed by atoms with Crippen LogP contribution in [0.3, 0.4) is 0 Å². The second-order valence-electron chi connectivity index (χ2n) is 7.86. The first-order valence-corrected chi connectivity index (χ1v) is 12.8. The lowest BCUT2D eigenvalue weighted by atomic mass is 10.1. The zero-order valence-electron chi connectivity index (χ0n) is 18.5. The van der Waals surface area contributed by atoms with Crippen molar-refractivity contribution < 1.29 is 18.0 Å². The fourth-order valence-corrected chi connectivity index (χ4v) is 5.45. The normalized spacial score (nSPS) is 13.1. The number of benzene rings is 2. The number of carbonyl (C=O) groups is 1. The van der Waals surface area contributed by atoms with Gasteiger partial charge >= 0.3 is 12.2 Å². The minimum atomic E-state index is -4.49. The van der Waals surface area contributed by atoms with Gasteiger partial charge in [-0.1, -0.05) is 12.1 Å². The molecule has 1 N–H and O–H groups in total. The van der Waals surface area contributed by atoms with E-state index in [9.17, 15) is 18.0 Å². The number of aromatic nitrogens is 2. The Bertz CT molecular complexity index is 1370. The van der Waals surface area contributed by atoms with E-state index in [1.54, 1.807) is 36.8 Å². The van der Waals surface area contributed by atoms with Gasteiger partial charge < -0.3 is 5.32 Å². The predicted molar refractivity (Wildman–Crippen MR) is 134 cm³/mol. The molecule has 0 bridgehead atoms. The van der Waals surface area contributed by atoms with Crippen molar-refractivity contribution in [3.05, 3.63) is 77.4 Å². The van der Waals surface area contributed by atoms with E-state index >= 15 is 0 Å². The molecule has 2 amide bonds. The van der Waals surface area contributed by atoms with E-state index in [0.717, 1.165) is 45.2 Å². The third kappa shape index (κ3) is 4.76. The molecule has 1 aliphatic heterocycles. The maximum atomic E-state index is 13.5. The molecule has 0 atom stereocenters. The molecule has 0 saturated carbocycles. The summed E-state index contributed by atoms with van der Waals surface area (Å²) in [5, 5.41) is 5.65. The molecule has 0 aliphatic carbocycles. The van der Waals surface area contributed by atoms with Gasteiger partial charge in [0.05, 0.1) is 11.3 Å². The van der Waals surface area contributed by atoms with Crippen LogP contribution in [0, 0.1) is 0 Å². The molecule has 0 radical (unpaired) electrons. The van der Waals surface area contributed by atoms with Crippen molar-refractivity contribution in [2.45, 2.75) is 17.5 Å². The summed E-state index contributed by atoms with van der Waals surface area (Å²) in [5.74, 6) is 0. The van der Waals surface area contributed by atoms with Crippen molar-refractivity contribution in [3.63, 3.8) is 0 Å². The summed E-state index contributed by atoms with van der Waals surface area (Å²) >= 11 is 2.59. The van der Waals surface area contributed by atoms with Gasteiger partial charge in [-0.25, -0.2) is 9.78 Å². The van der Waals surface area contributed by atoms with E-state index in [-0.39, 0.29) is 4.90 Å². The summed E-state index contributed by atoms with van der Waals surface area (Å²) in [6, 6.07) is 13.2. The van der Waals surface area contributed by atoms with E-state index in [1.165, 1.54) is 16.2 Å². The molecule has 0 spiro atoms. The standard InChI is InChI=1S/C25H19F3N4OS2/c1-34-22-12-17-8-11-32(21(17)13-19(22)25(26,27)28)24(33)30-18-4-2-15(3-5-18)20-14-35-23(31-20)16-6-9-29-10-7-16/h2-7,9-10,12-14H,8,11H2,1H3,(H,30,33). The highest BCUT2D eigenvalue weighted by Gasteiger charge is 2.36. The van der Waals surface area contributed by atoms with Crippen LogP contribution in [0.25, 0.3) is 21.8 Å². The van der Waals surface area contributed by atoms with E-state index < -0.39 is 17.8 Å². The zero-order chi connectivity index (χ0) is 24.6. The van der Waals surface area contributed by atoms with Gasteiger partial charge in [0.2, 0.25) is 0 Å². The average molecular weight is 513 g/mol. The number of carbonyl (C=O) groups excluding carboxylic acids is 1. The van der Waals surface area contributed by atoms with Crippen LogP contribution in [0.2, 0.25) is 0 Å². The van der Waals surface area contributed by atoms with Gasteiger partial charge in [0.1, 0.15) is 5.01 Å². The number of anilines is 2. The smallest absolute Gasteiger partial charge is 0.308 e. The minimum absolute atomic E-state index is 0.170. The van der Waals surface area contributed by atoms with E-state index in [1.807, 2.05) is 29.6 Å². The maximum Gasteiger partial charge on any atom is 0.417 e. The van der Waals surface area contributed by atoms with Crippen molar-refractivity contribution in [3.8, 4) is 21.8 Å². The molecule has 2 aromatic heterocycles. The predicted octanol–water partition coefficient (Wildman–Crippen LogP) is 7.21. The number of nitrogens with one attached hydrogen (secondary N) is 1. The summed E-state index contributed by atoms with van der Waals surface area (Å²) in [5.41, 5.74) is 3.57. The molecule has 3 heterocycles. The SMILES string of the molecule is CSc1cc2c(cc1C(F)(F)F)N(C(=O)Nc1ccc(-c3csc(-c4ccncc4)n3)cc1)CC2. The van der Waals surface area contributed by atoms with E-state index in [4.69, 9.17) is 0 Å². The summed E-state index contributed by atoms with van der Waals surface area (Å²) in [6.45, 7) is 0.324. The van der Waals surface area contributed by atoms with Crippen molar-refractivity contribution in [2.24, 2.45) is 0 Å². The molecule has 35 heavy (non-hydrogen) atoms. The molecular formula is C25H19F3N4OS2. The Hall–Kier alpha value is -3.37. The summed E-state index contributed by atoms with van der Waals surface area (Å²) in [4.78, 5) is 23.1. The molecule has 1 aliphatic rings. The van der Waals surface area contributed by atoms with Gasteiger partial charge in [-0.3, -0.25) is 9.88 Å². The van der Waals surface area contributed by atoms with Gasteiger partial charge in [0, 0.05) is 51.7 Å². The van der Waals surface area contributed by atoms with Crippen LogP contribution in [-0.4, -0.2) is 28.8 Å². The lowest BCUT2D eigenvalue weighted by Gasteiger charge is -2.20. The third-order valence-corrected chi connectivity index (χ3v) is 7.38. The fraction of sp³-hybridized carbons (Fsp3) is 0.160. The first-order valence-electron chi connectivity index (χ1n) is 10.7. The number of urea groups is 1. The first kappa shape index (κ1) is 23.4. The van der Waals surface area contributed by atoms with Crippen molar-refractivity contribution >= 4 is 40.5 Å². The van der Waals surface area contributed by atoms with Crippen LogP contribution in [0.4, 0.5) is 29.3 Å². The zero-order valence-corrected chi connectivity index (χ0v) is 20.1. The maximum absolute atomic E-state index is 13.5. The molecular weight excluding hydrogens is 493 g/mol. The highest BCUT2D eigenvalue weighted by atomic mass is 32.2. The second-order valence-corrected chi connectivity index (χ2v) is 9.57. The van der Waals surface area contributed by atoms with Crippen LogP contribution < -0.4 is 10.2 Å². The topological polar surface area (TPSA) is 58.1 Å². The average Bonchev–Trinajstić information content (AvgIpc) is 3.51. The second kappa shape index (κ2) is 9.35. The Balaban J connectivity index is 1.32. The number of pyridine rings is 1. The Morgan fingerprint density at radius 2 is 1.83 bits per heavy atom. The number of rotatable bonds is 4. The van der Waals surface area contributed by atoms with Gasteiger partial charge in [-0.05, 0) is 54.6 Å². The molecule has 0 saturated heterocycles. The molecule has 0 unspecified atom stereocenters. The van der Waals surface area contributed by atoms with Crippen LogP contribution in [0.5, 0.6) is 0 Å². The van der Waals surface area contributed by atoms with E-state index in [2.05, 4.69) is 15.3 Å². The van der Waals surface area contributed by atoms with Crippen molar-refractivity contribution in [2.75, 3.05) is 23.0 Å². The number of thioether (sulfide) groups is 1. The van der Waals surface area contributed by atoms with Crippen LogP contribution >= 0.6 is 23.1 Å². The van der Waals surface area contributed by atoms with E-state index in [0.29, 0.717) is 24.3 Å². The number of alkyl halides is 3. The van der Waals surface area contributed by atoms with Crippen molar-refractivity contribution in [1.82, 2.24) is 9.97 Å². The Kier molecular flexibility index (Phi) is 6.24. The number of hydrogen-bond donors (Lipinski definition) is 1. The number of hydrogen-bond acceptors (Lipinski definition) is 5. The van der Waals surface area contributed by atoms with Crippen LogP contribution in [0.1, 0.15) is 11.1 Å². The van der Waals surface area contributed by atoms with Crippen molar-refractivity contribution in [1.29, 1.82) is 0 Å². The largest absolute Gasteiger partial charge is 0.417 e. The van der Waals surface area contributed by atoms with Gasteiger partial charge in [-0.15, -0.1) is 23.1 Å². The van der Waals surface area contributed by atoms with Crippen LogP contribution in [-0.2, 0) is 12.6 Å². The Morgan fingerprint density at radius 3 is 2.51 bits per heavy atom. The van der Waals surface area contributed by atoms with Gasteiger partial charge in [0.15, 0.2) is 0 Å².